The van der Waals surface area contributed by atoms with E-state index in [1.807, 2.05) is 23.7 Å². The first kappa shape index (κ1) is 48.6. The van der Waals surface area contributed by atoms with Crippen molar-refractivity contribution in [3.8, 4) is 22.3 Å². The third-order valence-electron chi connectivity index (χ3n) is 17.6. The molecule has 0 radical (unpaired) electrons. The minimum Gasteiger partial charge on any atom is -0.456 e. The van der Waals surface area contributed by atoms with Gasteiger partial charge in [0.2, 0.25) is 0 Å². The highest BCUT2D eigenvalue weighted by Gasteiger charge is 2.55. The molecule has 396 valence electrons. The van der Waals surface area contributed by atoms with Gasteiger partial charge in [0.05, 0.1) is 11.1 Å². The Labute approximate surface area is 480 Å². The molecule has 5 heterocycles. The van der Waals surface area contributed by atoms with Gasteiger partial charge in [0.1, 0.15) is 28.4 Å². The largest absolute Gasteiger partial charge is 0.456 e. The number of hydrogen-bond acceptors (Lipinski definition) is 7. The number of anilines is 6. The average Bonchev–Trinajstić information content (AvgIpc) is 1.90. The van der Waals surface area contributed by atoms with Gasteiger partial charge in [-0.05, 0) is 176 Å². The normalized spacial score (nSPS) is 14.6. The second-order valence-corrected chi connectivity index (χ2v) is 25.8. The molecule has 9 aromatic carbocycles. The summed E-state index contributed by atoms with van der Waals surface area (Å²) < 4.78 is 16.8. The van der Waals surface area contributed by atoms with Gasteiger partial charge >= 0.3 is 0 Å². The van der Waals surface area contributed by atoms with Crippen molar-refractivity contribution < 1.29 is 8.83 Å². The maximum atomic E-state index is 7.35. The first-order chi connectivity index (χ1) is 39.7. The molecule has 0 N–H and O–H groups in total. The zero-order valence-corrected chi connectivity index (χ0v) is 48.0. The Morgan fingerprint density at radius 2 is 0.963 bits per heavy atom. The third-order valence-corrected chi connectivity index (χ3v) is 18.7. The first-order valence-corrected chi connectivity index (χ1v) is 29.3. The van der Waals surface area contributed by atoms with Crippen LogP contribution < -0.4 is 9.80 Å². The van der Waals surface area contributed by atoms with Crippen molar-refractivity contribution in [2.24, 2.45) is 0 Å². The van der Waals surface area contributed by atoms with Crippen LogP contribution in [0.5, 0.6) is 0 Å². The zero-order valence-electron chi connectivity index (χ0n) is 47.1. The maximum Gasteiger partial charge on any atom is 0.160 e. The number of furan rings is 2. The van der Waals surface area contributed by atoms with E-state index in [1.54, 1.807) is 0 Å². The van der Waals surface area contributed by atoms with E-state index in [1.165, 1.54) is 64.7 Å². The highest BCUT2D eigenvalue weighted by atomic mass is 32.1. The van der Waals surface area contributed by atoms with Crippen LogP contribution in [-0.2, 0) is 16.2 Å². The quantitative estimate of drug-likeness (QED) is 0.165. The molecule has 0 amide bonds. The lowest BCUT2D eigenvalue weighted by atomic mass is 9.70. The van der Waals surface area contributed by atoms with Crippen LogP contribution in [0.4, 0.5) is 34.4 Å². The fourth-order valence-corrected chi connectivity index (χ4v) is 14.8. The molecular formula is C75H58N4O2S. The standard InChI is InChI=1S/C75H58N4O2S/c1-43-21-37-64(76-41-43)78(47-27-23-45(24-28-47)73(3,4)5)49-31-32-50-56(39-49)75(54-33-35-61-67(51-15-9-12-18-59(51)80-61)70(54)71-55(75)34-36-63-68(71)53-17-11-14-20-62(53)82-63)57-40-58(72-69(66(50)57)52-16-10-13-19-60(52)81-72)79(65-38-22-44(2)42-77-65)48-29-25-46(26-30-48)74(6,7)8/h9-42H,1-8H3. The Balaban J connectivity index is 1.09. The fourth-order valence-electron chi connectivity index (χ4n) is 13.7. The molecule has 1 atom stereocenters. The van der Waals surface area contributed by atoms with E-state index in [0.29, 0.717) is 0 Å². The molecule has 0 bridgehead atoms. The Morgan fingerprint density at radius 1 is 0.415 bits per heavy atom. The van der Waals surface area contributed by atoms with Crippen LogP contribution in [0.15, 0.2) is 215 Å². The van der Waals surface area contributed by atoms with Crippen LogP contribution >= 0.6 is 11.3 Å². The van der Waals surface area contributed by atoms with E-state index in [0.717, 1.165) is 101 Å². The van der Waals surface area contributed by atoms with E-state index in [-0.39, 0.29) is 10.8 Å². The molecule has 2 aliphatic carbocycles. The van der Waals surface area contributed by atoms with Crippen molar-refractivity contribution in [2.75, 3.05) is 9.80 Å². The van der Waals surface area contributed by atoms with E-state index in [2.05, 4.69) is 259 Å². The van der Waals surface area contributed by atoms with Gasteiger partial charge in [-0.1, -0.05) is 151 Å². The van der Waals surface area contributed by atoms with Crippen LogP contribution in [0.1, 0.15) is 86.1 Å². The molecule has 82 heavy (non-hydrogen) atoms. The molecule has 2 aliphatic rings. The van der Waals surface area contributed by atoms with Gasteiger partial charge in [-0.25, -0.2) is 9.97 Å². The summed E-state index contributed by atoms with van der Waals surface area (Å²) in [5.41, 5.74) is 20.6. The lowest BCUT2D eigenvalue weighted by Crippen LogP contribution is -2.27. The van der Waals surface area contributed by atoms with Crippen LogP contribution in [0, 0.1) is 13.8 Å². The van der Waals surface area contributed by atoms with Crippen LogP contribution in [0.3, 0.4) is 0 Å². The van der Waals surface area contributed by atoms with Gasteiger partial charge in [0.25, 0.3) is 0 Å². The van der Waals surface area contributed by atoms with Crippen molar-refractivity contribution in [1.29, 1.82) is 0 Å². The average molecular weight is 1080 g/mol. The van der Waals surface area contributed by atoms with Crippen molar-refractivity contribution in [3.63, 3.8) is 0 Å². The molecule has 7 heteroatoms. The second-order valence-electron chi connectivity index (χ2n) is 24.7. The molecule has 14 aromatic rings. The minimum absolute atomic E-state index is 0.0200. The van der Waals surface area contributed by atoms with Crippen LogP contribution in [0.25, 0.3) is 86.3 Å². The number of fused-ring (bicyclic) bond motifs is 22. The lowest BCUT2D eigenvalue weighted by Gasteiger charge is -2.33. The summed E-state index contributed by atoms with van der Waals surface area (Å²) in [4.78, 5) is 15.1. The molecule has 1 spiro atoms. The Bertz CT molecular complexity index is 4830. The number of aryl methyl sites for hydroxylation is 2. The number of aromatic nitrogens is 2. The van der Waals surface area contributed by atoms with Crippen molar-refractivity contribution >= 4 is 110 Å². The van der Waals surface area contributed by atoms with E-state index >= 15 is 0 Å². The van der Waals surface area contributed by atoms with E-state index in [4.69, 9.17) is 18.8 Å². The summed E-state index contributed by atoms with van der Waals surface area (Å²) in [5.74, 6) is 1.64. The predicted molar refractivity (Wildman–Crippen MR) is 342 cm³/mol. The first-order valence-electron chi connectivity index (χ1n) is 28.4. The molecule has 0 saturated carbocycles. The van der Waals surface area contributed by atoms with Gasteiger partial charge < -0.3 is 8.83 Å². The van der Waals surface area contributed by atoms with Crippen molar-refractivity contribution in [2.45, 2.75) is 71.6 Å². The smallest absolute Gasteiger partial charge is 0.160 e. The Kier molecular flexibility index (Phi) is 10.3. The van der Waals surface area contributed by atoms with Gasteiger partial charge in [0, 0.05) is 71.2 Å². The third kappa shape index (κ3) is 6.93. The van der Waals surface area contributed by atoms with Gasteiger partial charge in [-0.2, -0.15) is 0 Å². The molecule has 6 nitrogen and oxygen atoms in total. The summed E-state index contributed by atoms with van der Waals surface area (Å²) in [6.07, 6.45) is 3.95. The summed E-state index contributed by atoms with van der Waals surface area (Å²) >= 11 is 1.87. The molecule has 0 saturated heterocycles. The van der Waals surface area contributed by atoms with Crippen LogP contribution in [-0.4, -0.2) is 9.97 Å². The second kappa shape index (κ2) is 17.4. The predicted octanol–water partition coefficient (Wildman–Crippen LogP) is 21.1. The zero-order chi connectivity index (χ0) is 55.6. The topological polar surface area (TPSA) is 58.5 Å². The lowest BCUT2D eigenvalue weighted by molar-refractivity contribution is 0.590. The number of rotatable bonds is 6. The molecule has 1 unspecified atom stereocenters. The molecule has 0 fully saturated rings. The van der Waals surface area contributed by atoms with Gasteiger partial charge in [0.15, 0.2) is 5.58 Å². The van der Waals surface area contributed by atoms with Crippen LogP contribution in [0.2, 0.25) is 0 Å². The van der Waals surface area contributed by atoms with Gasteiger partial charge in [-0.3, -0.25) is 9.80 Å². The SMILES string of the molecule is Cc1ccc(N(c2ccc(C(C)(C)C)cc2)c2ccc3c(c2)C2(c4ccc5oc6ccccc6c5c4-c4c2ccc2sc5ccccc5c42)c2cc(N(c4ccc(C(C)(C)C)cc4)c4ccc(C)cn4)c4oc5ccccc5c4c2-3)nc1. The van der Waals surface area contributed by atoms with E-state index < -0.39 is 5.41 Å². The van der Waals surface area contributed by atoms with Crippen molar-refractivity contribution in [1.82, 2.24) is 9.97 Å². The Hall–Kier alpha value is -9.30. The molecular weight excluding hydrogens is 1020 g/mol. The summed E-state index contributed by atoms with van der Waals surface area (Å²) in [5, 5.41) is 6.87. The number of hydrogen-bond donors (Lipinski definition) is 0. The molecule has 16 rings (SSSR count). The number of thiophene rings is 1. The molecule has 5 aromatic heterocycles. The maximum absolute atomic E-state index is 7.35. The monoisotopic (exact) mass is 1080 g/mol. The number of benzene rings is 9. The summed E-state index contributed by atoms with van der Waals surface area (Å²) in [6.45, 7) is 17.8. The van der Waals surface area contributed by atoms with Gasteiger partial charge in [-0.15, -0.1) is 11.3 Å². The number of pyridine rings is 2. The summed E-state index contributed by atoms with van der Waals surface area (Å²) in [6, 6.07) is 71.9. The highest BCUT2D eigenvalue weighted by Crippen LogP contribution is 2.69. The number of para-hydroxylation sites is 2. The molecule has 0 aliphatic heterocycles. The van der Waals surface area contributed by atoms with Crippen molar-refractivity contribution in [3.05, 3.63) is 251 Å². The van der Waals surface area contributed by atoms with E-state index in [9.17, 15) is 0 Å². The summed E-state index contributed by atoms with van der Waals surface area (Å²) in [7, 11) is 0. The number of nitrogens with zero attached hydrogens (tertiary/aromatic N) is 4. The minimum atomic E-state index is -0.888. The Morgan fingerprint density at radius 3 is 1.60 bits per heavy atom. The highest BCUT2D eigenvalue weighted by molar-refractivity contribution is 7.26. The fraction of sp³-hybridized carbons (Fsp3) is 0.147.